The third-order valence-electron chi connectivity index (χ3n) is 7.76. The highest BCUT2D eigenvalue weighted by Gasteiger charge is 2.33. The number of amides is 1. The number of nitrogens with zero attached hydrogens (tertiary/aromatic N) is 5. The molecule has 0 aliphatic heterocycles. The van der Waals surface area contributed by atoms with Gasteiger partial charge in [0, 0.05) is 47.3 Å². The molecule has 0 saturated carbocycles. The van der Waals surface area contributed by atoms with E-state index in [9.17, 15) is 4.79 Å². The third kappa shape index (κ3) is 13.2. The quantitative estimate of drug-likeness (QED) is 0.0214. The normalized spacial score (nSPS) is 12.7. The highest BCUT2D eigenvalue weighted by Crippen LogP contribution is 2.44. The second kappa shape index (κ2) is 19.8. The fraction of sp³-hybridized carbons (Fsp3) is 0.500. The van der Waals surface area contributed by atoms with Crippen molar-refractivity contribution in [2.45, 2.75) is 56.3 Å². The molecule has 0 fully saturated rings. The highest BCUT2D eigenvalue weighted by atomic mass is 32.2. The molecule has 0 atom stereocenters. The van der Waals surface area contributed by atoms with E-state index in [0.717, 1.165) is 28.6 Å². The van der Waals surface area contributed by atoms with Crippen LogP contribution in [0, 0.1) is 0 Å². The minimum absolute atomic E-state index is 0.0535. The number of fused-ring (bicyclic) bond motifs is 3. The average Bonchev–Trinajstić information content (AvgIpc) is 3.41. The Balaban J connectivity index is 1.07. The van der Waals surface area contributed by atoms with Gasteiger partial charge in [0.05, 0.1) is 39.6 Å². The summed E-state index contributed by atoms with van der Waals surface area (Å²) in [6, 6.07) is 17.6. The number of hydrogen-bond acceptors (Lipinski definition) is 10. The van der Waals surface area contributed by atoms with Gasteiger partial charge < -0.3 is 28.4 Å². The van der Waals surface area contributed by atoms with Gasteiger partial charge >= 0.3 is 6.09 Å². The fourth-order valence-electron chi connectivity index (χ4n) is 5.69. The first-order valence-corrected chi connectivity index (χ1v) is 23.9. The fourth-order valence-corrected chi connectivity index (χ4v) is 16.0. The topological polar surface area (TPSA) is 150 Å². The number of benzene rings is 2. The van der Waals surface area contributed by atoms with Crippen LogP contribution in [0.3, 0.4) is 0 Å². The Morgan fingerprint density at radius 2 is 1.51 bits per heavy atom. The molecule has 1 aromatic heterocycles. The summed E-state index contributed by atoms with van der Waals surface area (Å²) in [5.74, 6) is 0.0535. The molecule has 1 N–H and O–H groups in total. The number of thioether (sulfide) groups is 1. The monoisotopic (exact) mass is 724 g/mol. The molecule has 12 nitrogen and oxygen atoms in total. The van der Waals surface area contributed by atoms with Crippen LogP contribution in [0.5, 0.6) is 0 Å². The molecule has 0 unspecified atom stereocenters. The molecule has 1 aliphatic rings. The first-order valence-electron chi connectivity index (χ1n) is 16.6. The molecular weight excluding hydrogens is 677 g/mol. The molecule has 15 heteroatoms. The van der Waals surface area contributed by atoms with Crippen molar-refractivity contribution in [1.29, 1.82) is 0 Å². The molecule has 4 rings (SSSR count). The zero-order chi connectivity index (χ0) is 35.0. The van der Waals surface area contributed by atoms with E-state index < -0.39 is 16.6 Å². The van der Waals surface area contributed by atoms with Gasteiger partial charge in [-0.2, -0.15) is 0 Å². The maximum atomic E-state index is 12.6. The van der Waals surface area contributed by atoms with Gasteiger partial charge in [0.15, 0.2) is 21.8 Å². The first-order chi connectivity index (χ1) is 23.7. The predicted octanol–water partition coefficient (Wildman–Crippen LogP) is 7.32. The van der Waals surface area contributed by atoms with E-state index in [0.29, 0.717) is 59.3 Å². The molecule has 1 amide bonds. The van der Waals surface area contributed by atoms with Crippen molar-refractivity contribution in [3.8, 4) is 11.1 Å². The molecule has 1 aliphatic carbocycles. The number of aromatic nitrogens is 2. The Kier molecular flexibility index (Phi) is 15.6. The second-order valence-corrected chi connectivity index (χ2v) is 23.0. The van der Waals surface area contributed by atoms with E-state index in [1.807, 2.05) is 24.3 Å². The summed E-state index contributed by atoms with van der Waals surface area (Å²) in [7, 11) is -3.93. The molecule has 3 aromatic rings. The number of azide groups is 1. The van der Waals surface area contributed by atoms with E-state index in [1.165, 1.54) is 22.3 Å². The van der Waals surface area contributed by atoms with Gasteiger partial charge in [-0.05, 0) is 66.4 Å². The minimum atomic E-state index is -1.99. The number of rotatable bonds is 22. The van der Waals surface area contributed by atoms with Crippen molar-refractivity contribution in [1.82, 2.24) is 15.3 Å². The number of carbonyl (C=O) groups excluding carboxylic acids is 1. The number of carbonyl (C=O) groups is 1. The first kappa shape index (κ1) is 38.5. The Hall–Kier alpha value is -3.28. The number of hydrogen-bond donors (Lipinski definition) is 1. The maximum absolute atomic E-state index is 12.6. The third-order valence-corrected chi connectivity index (χ3v) is 17.6. The molecule has 0 saturated heterocycles. The van der Waals surface area contributed by atoms with Gasteiger partial charge in [0.25, 0.3) is 0 Å². The van der Waals surface area contributed by atoms with Gasteiger partial charge in [-0.25, -0.2) is 14.8 Å². The van der Waals surface area contributed by atoms with Gasteiger partial charge in [-0.3, -0.25) is 0 Å². The Bertz CT molecular complexity index is 1480. The molecule has 0 spiro atoms. The molecule has 0 radical (unpaired) electrons. The van der Waals surface area contributed by atoms with Crippen LogP contribution in [0.4, 0.5) is 4.79 Å². The van der Waals surface area contributed by atoms with Crippen molar-refractivity contribution in [3.63, 3.8) is 0 Å². The summed E-state index contributed by atoms with van der Waals surface area (Å²) in [6.07, 6.45) is 4.06. The van der Waals surface area contributed by atoms with Crippen LogP contribution in [-0.4, -0.2) is 90.8 Å². The van der Waals surface area contributed by atoms with E-state index in [1.54, 1.807) is 24.2 Å². The van der Waals surface area contributed by atoms with Crippen LogP contribution in [0.1, 0.15) is 29.0 Å². The summed E-state index contributed by atoms with van der Waals surface area (Å²) in [6.45, 7) is 12.8. The standard InChI is InChI=1S/C34H48N6O6SSi2/c1-48(2,21-9-14-36-34(41)45-25-32-30-12-7-5-10-28(30)29-11-6-8-13-31(29)32)46-49(3,4)26-47-33-37-22-27(23-38-33)24-44-20-19-43-18-17-42-16-15-39-40-35/h5-8,10-13,22-23,32H,9,14-21,24-26H2,1-4H3,(H,36,41). The molecular formula is C34H48N6O6SSi2. The zero-order valence-corrected chi connectivity index (χ0v) is 31.7. The van der Waals surface area contributed by atoms with Crippen molar-refractivity contribution < 1.29 is 27.9 Å². The van der Waals surface area contributed by atoms with Crippen molar-refractivity contribution >= 4 is 34.5 Å². The van der Waals surface area contributed by atoms with Gasteiger partial charge in [0.2, 0.25) is 0 Å². The summed E-state index contributed by atoms with van der Waals surface area (Å²) in [4.78, 5) is 24.3. The lowest BCUT2D eigenvalue weighted by Gasteiger charge is -2.33. The molecule has 1 heterocycles. The van der Waals surface area contributed by atoms with Crippen LogP contribution < -0.4 is 5.32 Å². The van der Waals surface area contributed by atoms with E-state index in [-0.39, 0.29) is 12.0 Å². The second-order valence-electron chi connectivity index (χ2n) is 12.9. The Morgan fingerprint density at radius 3 is 2.16 bits per heavy atom. The number of alkyl carbamates (subject to hydrolysis) is 1. The van der Waals surface area contributed by atoms with Gasteiger partial charge in [-0.1, -0.05) is 65.4 Å². The van der Waals surface area contributed by atoms with Crippen molar-refractivity contribution in [2.24, 2.45) is 5.11 Å². The zero-order valence-electron chi connectivity index (χ0n) is 28.9. The van der Waals surface area contributed by atoms with E-state index in [4.69, 9.17) is 28.6 Å². The summed E-state index contributed by atoms with van der Waals surface area (Å²) >= 11 is 1.63. The van der Waals surface area contributed by atoms with E-state index in [2.05, 4.69) is 75.8 Å². The summed E-state index contributed by atoms with van der Waals surface area (Å²) in [5, 5.41) is 7.92. The molecule has 2 aromatic carbocycles. The predicted molar refractivity (Wildman–Crippen MR) is 197 cm³/mol. The lowest BCUT2D eigenvalue weighted by Crippen LogP contribution is -2.46. The highest BCUT2D eigenvalue weighted by molar-refractivity contribution is 8.00. The van der Waals surface area contributed by atoms with Crippen LogP contribution in [-0.2, 0) is 29.7 Å². The lowest BCUT2D eigenvalue weighted by molar-refractivity contribution is 0.0118. The number of nitrogens with one attached hydrogen (secondary N) is 1. The summed E-state index contributed by atoms with van der Waals surface area (Å²) < 4.78 is 28.9. The van der Waals surface area contributed by atoms with E-state index >= 15 is 0 Å². The minimum Gasteiger partial charge on any atom is -0.455 e. The lowest BCUT2D eigenvalue weighted by atomic mass is 9.98. The van der Waals surface area contributed by atoms with Crippen molar-refractivity contribution in [3.05, 3.63) is 88.1 Å². The van der Waals surface area contributed by atoms with Crippen LogP contribution in [0.2, 0.25) is 32.2 Å². The van der Waals surface area contributed by atoms with Crippen LogP contribution in [0.15, 0.2) is 71.2 Å². The van der Waals surface area contributed by atoms with Gasteiger partial charge in [0.1, 0.15) is 6.61 Å². The SMILES string of the molecule is C[Si](C)(CCCNC(=O)OCC1c2ccccc2-c2ccccc21)O[Si](C)(C)CSc1ncc(COCCOCCOCCN=[N+]=[N-])cn1. The smallest absolute Gasteiger partial charge is 0.407 e. The molecule has 49 heavy (non-hydrogen) atoms. The largest absolute Gasteiger partial charge is 0.455 e. The van der Waals surface area contributed by atoms with Crippen molar-refractivity contribution in [2.75, 3.05) is 58.1 Å². The van der Waals surface area contributed by atoms with Crippen LogP contribution in [0.25, 0.3) is 21.6 Å². The summed E-state index contributed by atoms with van der Waals surface area (Å²) in [5.41, 5.74) is 14.0. The Labute approximate surface area is 295 Å². The van der Waals surface area contributed by atoms with Crippen LogP contribution >= 0.6 is 11.8 Å². The Morgan fingerprint density at radius 1 is 0.898 bits per heavy atom. The molecule has 0 bridgehead atoms. The molecule has 264 valence electrons. The average molecular weight is 725 g/mol. The van der Waals surface area contributed by atoms with Gasteiger partial charge in [-0.15, -0.1) is 0 Å². The number of ether oxygens (including phenoxy) is 4. The maximum Gasteiger partial charge on any atom is 0.407 e.